The lowest BCUT2D eigenvalue weighted by Gasteiger charge is -2.22. The molecule has 388 valence electrons. The Kier molecular flexibility index (Phi) is 14.4. The Bertz CT molecular complexity index is 3900. The molecule has 2 aromatic heterocycles. The molecular formula is C64H49N7O8. The first-order chi connectivity index (χ1) is 38.0. The third-order valence-electron chi connectivity index (χ3n) is 13.7. The van der Waals surface area contributed by atoms with Crippen molar-refractivity contribution in [1.82, 2.24) is 9.97 Å². The predicted octanol–water partition coefficient (Wildman–Crippen LogP) is 11.9. The van der Waals surface area contributed by atoms with Gasteiger partial charge in [0.25, 0.3) is 29.3 Å². The summed E-state index contributed by atoms with van der Waals surface area (Å²) >= 11 is 0. The third kappa shape index (κ3) is 11.3. The maximum atomic E-state index is 14.2. The van der Waals surface area contributed by atoms with Crippen molar-refractivity contribution < 1.29 is 33.6 Å². The number of fused-ring (bicyclic) bond motifs is 13. The van der Waals surface area contributed by atoms with E-state index in [1.165, 1.54) is 30.3 Å². The van der Waals surface area contributed by atoms with E-state index in [0.717, 1.165) is 67.4 Å². The summed E-state index contributed by atoms with van der Waals surface area (Å²) in [5.41, 5.74) is 9.05. The van der Waals surface area contributed by atoms with E-state index >= 15 is 0 Å². The molecule has 4 N–H and O–H groups in total. The van der Waals surface area contributed by atoms with Crippen molar-refractivity contribution >= 4 is 74.1 Å². The van der Waals surface area contributed by atoms with Crippen molar-refractivity contribution in [2.75, 3.05) is 34.5 Å². The molecule has 3 heterocycles. The van der Waals surface area contributed by atoms with Crippen molar-refractivity contribution in [3.63, 3.8) is 0 Å². The van der Waals surface area contributed by atoms with Crippen LogP contribution in [0.3, 0.4) is 0 Å². The molecule has 15 nitrogen and oxygen atoms in total. The Hall–Kier alpha value is -10.6. The molecule has 6 bridgehead atoms. The molecular weight excluding hydrogens is 995 g/mol. The number of nitrogens with one attached hydrogen (secondary N) is 4. The molecule has 0 radical (unpaired) electrons. The second-order valence-electron chi connectivity index (χ2n) is 19.1. The van der Waals surface area contributed by atoms with Gasteiger partial charge in [0, 0.05) is 45.5 Å². The summed E-state index contributed by atoms with van der Waals surface area (Å²) in [5.74, 6) is 11.2. The fraction of sp³-hybridized carbons (Fsp3) is 0.125. The van der Waals surface area contributed by atoms with Crippen LogP contribution in [-0.2, 0) is 9.59 Å². The number of amides is 4. The highest BCUT2D eigenvalue weighted by Crippen LogP contribution is 2.48. The summed E-state index contributed by atoms with van der Waals surface area (Å²) in [6, 6.07) is 39.6. The number of aryl methyl sites for hydroxylation is 4. The van der Waals surface area contributed by atoms with E-state index in [2.05, 4.69) is 68.8 Å². The van der Waals surface area contributed by atoms with E-state index in [0.29, 0.717) is 33.0 Å². The monoisotopic (exact) mass is 1040 g/mol. The SMILES string of the molecule is Cc1cc(C#Cc2cc3ccccc3c3c2OCC(=O)Nc2cccc(n2)NC(=O)c2cc(cc([N+](=O)[O-])c2)C(=O)Nc2cccc(n2)NC(=O)COc2c(C#Cc4cc(C)c(C)c(C)c4)cc4ccccc4c2-3)cc(C)c1C. The topological polar surface area (TPSA) is 204 Å². The van der Waals surface area contributed by atoms with Gasteiger partial charge in [0.1, 0.15) is 34.8 Å². The zero-order valence-corrected chi connectivity index (χ0v) is 43.8. The van der Waals surface area contributed by atoms with Crippen LogP contribution in [0, 0.1) is 75.3 Å². The zero-order valence-electron chi connectivity index (χ0n) is 43.8. The summed E-state index contributed by atoms with van der Waals surface area (Å²) in [7, 11) is 0. The van der Waals surface area contributed by atoms with Crippen molar-refractivity contribution in [1.29, 1.82) is 0 Å². The quantitative estimate of drug-likeness (QED) is 0.0696. The van der Waals surface area contributed by atoms with Gasteiger partial charge in [-0.15, -0.1) is 0 Å². The number of non-ortho nitro benzene ring substituents is 1. The summed E-state index contributed by atoms with van der Waals surface area (Å²) < 4.78 is 13.6. The normalized spacial score (nSPS) is 12.7. The van der Waals surface area contributed by atoms with Gasteiger partial charge in [-0.3, -0.25) is 29.3 Å². The lowest BCUT2D eigenvalue weighted by atomic mass is 9.88. The van der Waals surface area contributed by atoms with Crippen molar-refractivity contribution in [3.05, 3.63) is 216 Å². The summed E-state index contributed by atoms with van der Waals surface area (Å²) in [6.07, 6.45) is 0. The predicted molar refractivity (Wildman–Crippen MR) is 306 cm³/mol. The zero-order chi connectivity index (χ0) is 55.5. The molecule has 0 fully saturated rings. The average Bonchev–Trinajstić information content (AvgIpc) is 3.60. The number of pyridine rings is 2. The molecule has 15 heteroatoms. The van der Waals surface area contributed by atoms with Gasteiger partial charge in [0.05, 0.1) is 16.1 Å². The Morgan fingerprint density at radius 1 is 0.468 bits per heavy atom. The minimum atomic E-state index is -0.830. The Balaban J connectivity index is 1.19. The lowest BCUT2D eigenvalue weighted by Crippen LogP contribution is -2.22. The summed E-state index contributed by atoms with van der Waals surface area (Å²) in [5, 5.41) is 25.8. The number of ether oxygens (including phenoxy) is 2. The third-order valence-corrected chi connectivity index (χ3v) is 13.7. The summed E-state index contributed by atoms with van der Waals surface area (Å²) in [6.45, 7) is 11.2. The fourth-order valence-electron chi connectivity index (χ4n) is 9.27. The van der Waals surface area contributed by atoms with E-state index in [1.807, 2.05) is 113 Å². The van der Waals surface area contributed by atoms with Crippen LogP contribution in [0.4, 0.5) is 29.0 Å². The molecule has 0 aliphatic carbocycles. The van der Waals surface area contributed by atoms with Gasteiger partial charge in [0.2, 0.25) is 0 Å². The second kappa shape index (κ2) is 21.9. The van der Waals surface area contributed by atoms with Gasteiger partial charge < -0.3 is 30.7 Å². The minimum Gasteiger partial charge on any atom is -0.482 e. The first-order valence-electron chi connectivity index (χ1n) is 25.1. The van der Waals surface area contributed by atoms with Gasteiger partial charge in [-0.1, -0.05) is 84.3 Å². The molecule has 9 aromatic rings. The standard InChI is InChI=1S/C64H49N7O8/c1-36-25-42(26-37(2)40(36)5)21-23-46-29-44-13-7-9-15-51(44)59-60-52-16-10-8-14-45(52)30-47(24-22-43-27-38(3)41(6)39(4)28-43)62(60)79-35-58(73)68-54-18-12-20-56(66-54)70-64(75)49-31-48(32-50(33-49)71(76)77)63(74)69-55-19-11-17-53(65-55)67-57(72)34-78-61(46)59/h7-20,25-33H,34-35H2,1-6H3,(H2,65,67,69,72,74)(H2,66,68,70,73,75). The first-order valence-corrected chi connectivity index (χ1v) is 25.1. The number of carbonyl (C=O) groups excluding carboxylic acids is 4. The van der Waals surface area contributed by atoms with Crippen LogP contribution in [0.1, 0.15) is 76.4 Å². The fourth-order valence-corrected chi connectivity index (χ4v) is 9.27. The molecule has 7 aromatic carbocycles. The van der Waals surface area contributed by atoms with Crippen LogP contribution in [0.15, 0.2) is 140 Å². The highest BCUT2D eigenvalue weighted by Gasteiger charge is 2.26. The number of rotatable bonds is 1. The number of hydrogen-bond donors (Lipinski definition) is 4. The van der Waals surface area contributed by atoms with Gasteiger partial charge in [-0.05, 0) is 163 Å². The highest BCUT2D eigenvalue weighted by atomic mass is 16.6. The lowest BCUT2D eigenvalue weighted by molar-refractivity contribution is -0.384. The van der Waals surface area contributed by atoms with E-state index in [1.54, 1.807) is 12.1 Å². The van der Waals surface area contributed by atoms with Crippen LogP contribution >= 0.6 is 0 Å². The Morgan fingerprint density at radius 2 is 0.848 bits per heavy atom. The second-order valence-corrected chi connectivity index (χ2v) is 19.1. The smallest absolute Gasteiger partial charge is 0.271 e. The number of carbonyl (C=O) groups is 4. The van der Waals surface area contributed by atoms with E-state index in [-0.39, 0.29) is 45.9 Å². The van der Waals surface area contributed by atoms with Gasteiger partial charge in [-0.25, -0.2) is 9.97 Å². The molecule has 1 aliphatic rings. The average molecular weight is 1040 g/mol. The molecule has 10 rings (SSSR count). The molecule has 0 saturated heterocycles. The maximum absolute atomic E-state index is 14.2. The molecule has 0 saturated carbocycles. The van der Waals surface area contributed by atoms with E-state index < -0.39 is 47.5 Å². The number of anilines is 4. The molecule has 4 amide bonds. The first kappa shape index (κ1) is 51.8. The molecule has 0 atom stereocenters. The van der Waals surface area contributed by atoms with Gasteiger partial charge >= 0.3 is 0 Å². The van der Waals surface area contributed by atoms with Crippen LogP contribution in [-0.4, -0.2) is 51.7 Å². The highest BCUT2D eigenvalue weighted by molar-refractivity contribution is 6.12. The van der Waals surface area contributed by atoms with E-state index in [4.69, 9.17) is 9.47 Å². The molecule has 79 heavy (non-hydrogen) atoms. The van der Waals surface area contributed by atoms with Crippen molar-refractivity contribution in [3.8, 4) is 46.3 Å². The van der Waals surface area contributed by atoms with Crippen LogP contribution in [0.2, 0.25) is 0 Å². The van der Waals surface area contributed by atoms with Gasteiger partial charge in [0.15, 0.2) is 13.2 Å². The molecule has 1 aliphatic heterocycles. The number of nitro benzene ring substituents is 1. The van der Waals surface area contributed by atoms with Crippen LogP contribution < -0.4 is 30.7 Å². The molecule has 0 unspecified atom stereocenters. The maximum Gasteiger partial charge on any atom is 0.271 e. The number of hydrogen-bond acceptors (Lipinski definition) is 10. The van der Waals surface area contributed by atoms with E-state index in [9.17, 15) is 29.3 Å². The number of benzene rings is 7. The van der Waals surface area contributed by atoms with Gasteiger partial charge in [-0.2, -0.15) is 0 Å². The largest absolute Gasteiger partial charge is 0.482 e. The molecule has 0 spiro atoms. The number of aromatic nitrogens is 2. The Labute approximate surface area is 454 Å². The number of nitrogens with zero attached hydrogens (tertiary/aromatic N) is 3. The summed E-state index contributed by atoms with van der Waals surface area (Å²) in [4.78, 5) is 76.0. The van der Waals surface area contributed by atoms with Crippen molar-refractivity contribution in [2.24, 2.45) is 0 Å². The minimum absolute atomic E-state index is 0.0131. The van der Waals surface area contributed by atoms with Crippen molar-refractivity contribution in [2.45, 2.75) is 41.5 Å². The van der Waals surface area contributed by atoms with Crippen LogP contribution in [0.25, 0.3) is 32.7 Å². The Morgan fingerprint density at radius 3 is 1.24 bits per heavy atom. The van der Waals surface area contributed by atoms with Crippen LogP contribution in [0.5, 0.6) is 11.5 Å². The number of nitro groups is 1.